The van der Waals surface area contributed by atoms with E-state index >= 15 is 0 Å². The topological polar surface area (TPSA) is 62.6 Å². The Hall–Kier alpha value is -2.06. The van der Waals surface area contributed by atoms with E-state index in [9.17, 15) is 4.79 Å². The number of piperidine rings is 1. The summed E-state index contributed by atoms with van der Waals surface area (Å²) in [6, 6.07) is 7.77. The van der Waals surface area contributed by atoms with Crippen LogP contribution in [0.1, 0.15) is 24.0 Å². The number of carbonyl (C=O) groups is 1. The van der Waals surface area contributed by atoms with E-state index in [1.807, 2.05) is 18.2 Å². The van der Waals surface area contributed by atoms with Crippen LogP contribution >= 0.6 is 0 Å². The minimum Gasteiger partial charge on any atom is -0.495 e. The quantitative estimate of drug-likeness (QED) is 0.792. The molecule has 1 aliphatic heterocycles. The van der Waals surface area contributed by atoms with E-state index in [0.717, 1.165) is 31.5 Å². The Balaban J connectivity index is 2.04. The molecule has 1 saturated heterocycles. The summed E-state index contributed by atoms with van der Waals surface area (Å²) in [4.78, 5) is 13.9. The molecule has 1 atom stereocenters. The van der Waals surface area contributed by atoms with Crippen molar-refractivity contribution < 1.29 is 14.3 Å². The first-order chi connectivity index (χ1) is 10.2. The summed E-state index contributed by atoms with van der Waals surface area (Å²) >= 11 is 0. The number of hydrogen-bond donors (Lipinski definition) is 0. The zero-order chi connectivity index (χ0) is 15.2. The Kier molecular flexibility index (Phi) is 5.18. The fourth-order valence-corrected chi connectivity index (χ4v) is 2.76. The van der Waals surface area contributed by atoms with Gasteiger partial charge in [0.2, 0.25) is 0 Å². The van der Waals surface area contributed by atoms with Gasteiger partial charge in [0.05, 0.1) is 25.7 Å². The molecule has 5 nitrogen and oxygen atoms in total. The molecule has 0 amide bonds. The van der Waals surface area contributed by atoms with Gasteiger partial charge in [0.25, 0.3) is 0 Å². The SMILES string of the molecule is COC(=O)C1CCCN(Cc2ccc(OC)c(C#N)c2)C1. The Morgan fingerprint density at radius 1 is 1.48 bits per heavy atom. The average molecular weight is 288 g/mol. The fraction of sp³-hybridized carbons (Fsp3) is 0.500. The summed E-state index contributed by atoms with van der Waals surface area (Å²) in [5.41, 5.74) is 1.59. The molecule has 1 aliphatic rings. The van der Waals surface area contributed by atoms with Gasteiger partial charge in [0.1, 0.15) is 11.8 Å². The molecule has 0 aliphatic carbocycles. The Morgan fingerprint density at radius 2 is 2.29 bits per heavy atom. The number of esters is 1. The average Bonchev–Trinajstić information content (AvgIpc) is 2.54. The van der Waals surface area contributed by atoms with Gasteiger partial charge in [-0.15, -0.1) is 0 Å². The number of nitriles is 1. The molecule has 1 fully saturated rings. The molecule has 1 unspecified atom stereocenters. The number of benzene rings is 1. The van der Waals surface area contributed by atoms with Crippen molar-refractivity contribution in [2.24, 2.45) is 5.92 Å². The molecule has 112 valence electrons. The number of hydrogen-bond acceptors (Lipinski definition) is 5. The van der Waals surface area contributed by atoms with E-state index in [1.165, 1.54) is 7.11 Å². The molecule has 0 saturated carbocycles. The van der Waals surface area contributed by atoms with Crippen LogP contribution in [0.2, 0.25) is 0 Å². The third kappa shape index (κ3) is 3.73. The number of nitrogens with zero attached hydrogens (tertiary/aromatic N) is 2. The van der Waals surface area contributed by atoms with Gasteiger partial charge in [-0.3, -0.25) is 9.69 Å². The van der Waals surface area contributed by atoms with Gasteiger partial charge in [-0.25, -0.2) is 0 Å². The highest BCUT2D eigenvalue weighted by Gasteiger charge is 2.26. The zero-order valence-electron chi connectivity index (χ0n) is 12.5. The summed E-state index contributed by atoms with van der Waals surface area (Å²) in [5, 5.41) is 9.12. The van der Waals surface area contributed by atoms with Crippen molar-refractivity contribution in [1.29, 1.82) is 5.26 Å². The first-order valence-electron chi connectivity index (χ1n) is 7.05. The monoisotopic (exact) mass is 288 g/mol. The lowest BCUT2D eigenvalue weighted by Crippen LogP contribution is -2.38. The number of methoxy groups -OCH3 is 2. The standard InChI is InChI=1S/C16H20N2O3/c1-20-15-6-5-12(8-14(15)9-17)10-18-7-3-4-13(11-18)16(19)21-2/h5-6,8,13H,3-4,7,10-11H2,1-2H3. The van der Waals surface area contributed by atoms with E-state index in [0.29, 0.717) is 17.9 Å². The van der Waals surface area contributed by atoms with Gasteiger partial charge in [-0.05, 0) is 37.1 Å². The van der Waals surface area contributed by atoms with Crippen molar-refractivity contribution in [3.05, 3.63) is 29.3 Å². The van der Waals surface area contributed by atoms with Gasteiger partial charge < -0.3 is 9.47 Å². The maximum Gasteiger partial charge on any atom is 0.309 e. The van der Waals surface area contributed by atoms with Crippen molar-refractivity contribution in [3.63, 3.8) is 0 Å². The maximum absolute atomic E-state index is 11.6. The Bertz CT molecular complexity index is 551. The molecular formula is C16H20N2O3. The molecular weight excluding hydrogens is 268 g/mol. The van der Waals surface area contributed by atoms with Gasteiger partial charge in [0, 0.05) is 13.1 Å². The number of rotatable bonds is 4. The van der Waals surface area contributed by atoms with Gasteiger partial charge in [-0.2, -0.15) is 5.26 Å². The minimum atomic E-state index is -0.132. The van der Waals surface area contributed by atoms with Crippen LogP contribution in [-0.2, 0) is 16.1 Å². The highest BCUT2D eigenvalue weighted by molar-refractivity contribution is 5.72. The molecule has 2 rings (SSSR count). The number of ether oxygens (including phenoxy) is 2. The summed E-state index contributed by atoms with van der Waals surface area (Å²) in [5.74, 6) is 0.414. The highest BCUT2D eigenvalue weighted by atomic mass is 16.5. The van der Waals surface area contributed by atoms with Crippen LogP contribution in [0, 0.1) is 17.2 Å². The number of likely N-dealkylation sites (tertiary alicyclic amines) is 1. The molecule has 1 heterocycles. The van der Waals surface area contributed by atoms with Gasteiger partial charge in [-0.1, -0.05) is 6.07 Å². The fourth-order valence-electron chi connectivity index (χ4n) is 2.76. The first-order valence-corrected chi connectivity index (χ1v) is 7.05. The van der Waals surface area contributed by atoms with E-state index in [-0.39, 0.29) is 11.9 Å². The second kappa shape index (κ2) is 7.09. The predicted octanol–water partition coefficient (Wildman–Crippen LogP) is 1.95. The van der Waals surface area contributed by atoms with Crippen LogP contribution in [-0.4, -0.2) is 38.2 Å². The van der Waals surface area contributed by atoms with E-state index in [4.69, 9.17) is 14.7 Å². The third-order valence-electron chi connectivity index (χ3n) is 3.83. The Labute approximate surface area is 125 Å². The van der Waals surface area contributed by atoms with Crippen LogP contribution in [0.3, 0.4) is 0 Å². The molecule has 0 aromatic heterocycles. The summed E-state index contributed by atoms with van der Waals surface area (Å²) in [6.07, 6.45) is 1.87. The largest absolute Gasteiger partial charge is 0.495 e. The van der Waals surface area contributed by atoms with Gasteiger partial charge >= 0.3 is 5.97 Å². The lowest BCUT2D eigenvalue weighted by atomic mass is 9.97. The molecule has 1 aromatic carbocycles. The zero-order valence-corrected chi connectivity index (χ0v) is 12.5. The van der Waals surface area contributed by atoms with E-state index < -0.39 is 0 Å². The molecule has 21 heavy (non-hydrogen) atoms. The van der Waals surface area contributed by atoms with Crippen molar-refractivity contribution >= 4 is 5.97 Å². The maximum atomic E-state index is 11.6. The molecule has 0 spiro atoms. The van der Waals surface area contributed by atoms with Crippen molar-refractivity contribution in [1.82, 2.24) is 4.90 Å². The van der Waals surface area contributed by atoms with Crippen LogP contribution in [0.5, 0.6) is 5.75 Å². The molecule has 0 N–H and O–H groups in total. The minimum absolute atomic E-state index is 0.0440. The lowest BCUT2D eigenvalue weighted by molar-refractivity contribution is -0.147. The van der Waals surface area contributed by atoms with Gasteiger partial charge in [0.15, 0.2) is 0 Å². The summed E-state index contributed by atoms with van der Waals surface area (Å²) in [7, 11) is 2.99. The summed E-state index contributed by atoms with van der Waals surface area (Å²) < 4.78 is 9.98. The van der Waals surface area contributed by atoms with Crippen molar-refractivity contribution in [2.75, 3.05) is 27.3 Å². The van der Waals surface area contributed by atoms with Crippen LogP contribution in [0.15, 0.2) is 18.2 Å². The van der Waals surface area contributed by atoms with Crippen LogP contribution < -0.4 is 4.74 Å². The van der Waals surface area contributed by atoms with Crippen molar-refractivity contribution in [3.8, 4) is 11.8 Å². The van der Waals surface area contributed by atoms with E-state index in [2.05, 4.69) is 11.0 Å². The Morgan fingerprint density at radius 3 is 2.95 bits per heavy atom. The normalized spacial score (nSPS) is 18.8. The van der Waals surface area contributed by atoms with Crippen LogP contribution in [0.4, 0.5) is 0 Å². The molecule has 5 heteroatoms. The second-order valence-corrected chi connectivity index (χ2v) is 5.24. The predicted molar refractivity (Wildman–Crippen MR) is 77.7 cm³/mol. The van der Waals surface area contributed by atoms with E-state index in [1.54, 1.807) is 7.11 Å². The second-order valence-electron chi connectivity index (χ2n) is 5.24. The first kappa shape index (κ1) is 15.3. The highest BCUT2D eigenvalue weighted by Crippen LogP contribution is 2.23. The smallest absolute Gasteiger partial charge is 0.309 e. The molecule has 0 bridgehead atoms. The number of carbonyl (C=O) groups excluding carboxylic acids is 1. The van der Waals surface area contributed by atoms with Crippen LogP contribution in [0.25, 0.3) is 0 Å². The third-order valence-corrected chi connectivity index (χ3v) is 3.83. The molecule has 0 radical (unpaired) electrons. The van der Waals surface area contributed by atoms with Crippen molar-refractivity contribution in [2.45, 2.75) is 19.4 Å². The molecule has 1 aromatic rings. The summed E-state index contributed by atoms with van der Waals surface area (Å²) in [6.45, 7) is 2.40. The lowest BCUT2D eigenvalue weighted by Gasteiger charge is -2.31.